The van der Waals surface area contributed by atoms with Crippen molar-refractivity contribution in [1.29, 1.82) is 0 Å². The minimum atomic E-state index is -0.652. The molecule has 2 rings (SSSR count). The van der Waals surface area contributed by atoms with E-state index >= 15 is 0 Å². The third kappa shape index (κ3) is 2.77. The summed E-state index contributed by atoms with van der Waals surface area (Å²) in [6, 6.07) is 7.35. The molecule has 1 amide bonds. The summed E-state index contributed by atoms with van der Waals surface area (Å²) in [5.41, 5.74) is -0.528. The fourth-order valence-corrected chi connectivity index (χ4v) is 2.52. The zero-order valence-corrected chi connectivity index (χ0v) is 11.4. The molecule has 0 spiro atoms. The van der Waals surface area contributed by atoms with Crippen LogP contribution in [0, 0.1) is 10.1 Å². The van der Waals surface area contributed by atoms with Crippen molar-refractivity contribution in [2.45, 2.75) is 13.3 Å². The van der Waals surface area contributed by atoms with E-state index in [2.05, 4.69) is 5.32 Å². The summed E-state index contributed by atoms with van der Waals surface area (Å²) in [5.74, 6) is -0.806. The topological polar surface area (TPSA) is 92.5 Å². The molecule has 104 valence electrons. The first-order chi connectivity index (χ1) is 9.52. The maximum Gasteiger partial charge on any atom is 0.296 e. The zero-order chi connectivity index (χ0) is 14.7. The van der Waals surface area contributed by atoms with Crippen molar-refractivity contribution >= 4 is 28.6 Å². The largest absolute Gasteiger partial charge is 0.505 e. The number of aromatic hydroxyl groups is 1. The van der Waals surface area contributed by atoms with Gasteiger partial charge in [-0.05, 0) is 24.6 Å². The minimum Gasteiger partial charge on any atom is -0.505 e. The number of hydrogen-bond donors (Lipinski definition) is 2. The van der Waals surface area contributed by atoms with E-state index < -0.39 is 10.8 Å². The number of phenols is 1. The Morgan fingerprint density at radius 2 is 2.15 bits per heavy atom. The van der Waals surface area contributed by atoms with Crippen molar-refractivity contribution in [2.75, 3.05) is 5.32 Å². The van der Waals surface area contributed by atoms with Crippen molar-refractivity contribution in [3.8, 4) is 5.75 Å². The second-order valence-corrected chi connectivity index (χ2v) is 5.17. The van der Waals surface area contributed by atoms with Gasteiger partial charge in [-0.25, -0.2) is 0 Å². The summed E-state index contributed by atoms with van der Waals surface area (Å²) in [6.45, 7) is 1.97. The molecule has 0 aliphatic carbocycles. The van der Waals surface area contributed by atoms with Crippen LogP contribution in [0.25, 0.3) is 0 Å². The molecule has 2 aromatic rings. The number of rotatable bonds is 4. The quantitative estimate of drug-likeness (QED) is 0.514. The van der Waals surface area contributed by atoms with Crippen LogP contribution >= 0.6 is 11.3 Å². The van der Waals surface area contributed by atoms with Crippen molar-refractivity contribution in [2.24, 2.45) is 0 Å². The van der Waals surface area contributed by atoms with Gasteiger partial charge in [-0.15, -0.1) is 11.3 Å². The first-order valence-corrected chi connectivity index (χ1v) is 6.71. The number of anilines is 1. The number of benzene rings is 1. The molecular formula is C13H12N2O4S. The molecule has 7 heteroatoms. The molecule has 0 radical (unpaired) electrons. The Balaban J connectivity index is 2.30. The van der Waals surface area contributed by atoms with Crippen LogP contribution in [0.5, 0.6) is 5.75 Å². The van der Waals surface area contributed by atoms with Gasteiger partial charge in [0.15, 0.2) is 5.69 Å². The van der Waals surface area contributed by atoms with E-state index in [4.69, 9.17) is 0 Å². The zero-order valence-electron chi connectivity index (χ0n) is 10.6. The second-order valence-electron chi connectivity index (χ2n) is 4.00. The number of hydrogen-bond acceptors (Lipinski definition) is 5. The number of nitrogens with zero attached hydrogens (tertiary/aromatic N) is 1. The molecule has 0 bridgehead atoms. The molecule has 0 aliphatic rings. The summed E-state index contributed by atoms with van der Waals surface area (Å²) in [6.07, 6.45) is 0.814. The molecule has 0 saturated heterocycles. The fourth-order valence-electron chi connectivity index (χ4n) is 1.67. The van der Waals surface area contributed by atoms with E-state index in [1.54, 1.807) is 6.07 Å². The van der Waals surface area contributed by atoms with E-state index in [0.717, 1.165) is 11.3 Å². The van der Waals surface area contributed by atoms with Crippen LogP contribution in [0.3, 0.4) is 0 Å². The van der Waals surface area contributed by atoms with Gasteiger partial charge in [0, 0.05) is 10.9 Å². The predicted molar refractivity (Wildman–Crippen MR) is 76.4 cm³/mol. The Morgan fingerprint density at radius 1 is 1.40 bits per heavy atom. The van der Waals surface area contributed by atoms with E-state index in [1.165, 1.54) is 29.5 Å². The highest BCUT2D eigenvalue weighted by Gasteiger charge is 2.20. The Hall–Kier alpha value is -2.41. The first-order valence-electron chi connectivity index (χ1n) is 5.89. The van der Waals surface area contributed by atoms with Crippen LogP contribution in [-0.2, 0) is 6.42 Å². The lowest BCUT2D eigenvalue weighted by Gasteiger charge is -2.06. The molecule has 1 aromatic carbocycles. The number of para-hydroxylation sites is 1. The number of amides is 1. The number of carbonyl (C=O) groups excluding carboxylic acids is 1. The Morgan fingerprint density at radius 3 is 2.75 bits per heavy atom. The number of aryl methyl sites for hydroxylation is 1. The van der Waals surface area contributed by atoms with E-state index in [-0.39, 0.29) is 17.1 Å². The highest BCUT2D eigenvalue weighted by Crippen LogP contribution is 2.33. The van der Waals surface area contributed by atoms with Gasteiger partial charge in [-0.1, -0.05) is 13.0 Å². The predicted octanol–water partition coefficient (Wildman–Crippen LogP) is 3.18. The molecule has 2 N–H and O–H groups in total. The minimum absolute atomic E-state index is 0.186. The molecule has 1 aromatic heterocycles. The maximum absolute atomic E-state index is 12.0. The molecule has 0 unspecified atom stereocenters. The lowest BCUT2D eigenvalue weighted by atomic mass is 10.2. The monoisotopic (exact) mass is 292 g/mol. The first kappa shape index (κ1) is 14.0. The Bertz CT molecular complexity index is 666. The maximum atomic E-state index is 12.0. The summed E-state index contributed by atoms with van der Waals surface area (Å²) >= 11 is 1.32. The van der Waals surface area contributed by atoms with Gasteiger partial charge >= 0.3 is 0 Å². The normalized spacial score (nSPS) is 10.2. The number of thiophene rings is 1. The van der Waals surface area contributed by atoms with Crippen molar-refractivity contribution in [1.82, 2.24) is 0 Å². The third-order valence-electron chi connectivity index (χ3n) is 2.69. The molecule has 0 fully saturated rings. The molecule has 0 aliphatic heterocycles. The lowest BCUT2D eigenvalue weighted by molar-refractivity contribution is -0.384. The number of nitro groups is 1. The summed E-state index contributed by atoms with van der Waals surface area (Å²) in [4.78, 5) is 23.8. The molecule has 0 saturated carbocycles. The summed E-state index contributed by atoms with van der Waals surface area (Å²) in [5, 5.41) is 23.0. The van der Waals surface area contributed by atoms with Gasteiger partial charge in [-0.3, -0.25) is 14.9 Å². The molecule has 6 nitrogen and oxygen atoms in total. The summed E-state index contributed by atoms with van der Waals surface area (Å²) in [7, 11) is 0. The van der Waals surface area contributed by atoms with Gasteiger partial charge in [0.2, 0.25) is 0 Å². The molecule has 1 heterocycles. The highest BCUT2D eigenvalue weighted by atomic mass is 32.1. The van der Waals surface area contributed by atoms with Gasteiger partial charge in [-0.2, -0.15) is 0 Å². The number of nitro benzene ring substituents is 1. The fraction of sp³-hybridized carbons (Fsp3) is 0.154. The number of carbonyl (C=O) groups is 1. The van der Waals surface area contributed by atoms with Crippen LogP contribution < -0.4 is 5.32 Å². The van der Waals surface area contributed by atoms with Crippen LogP contribution in [0.1, 0.15) is 21.5 Å². The lowest BCUT2D eigenvalue weighted by Crippen LogP contribution is -2.11. The van der Waals surface area contributed by atoms with Gasteiger partial charge in [0.1, 0.15) is 5.75 Å². The Kier molecular flexibility index (Phi) is 3.99. The van der Waals surface area contributed by atoms with Gasteiger partial charge < -0.3 is 10.4 Å². The molecule has 0 atom stereocenters. The van der Waals surface area contributed by atoms with Crippen molar-refractivity contribution in [3.05, 3.63) is 50.2 Å². The van der Waals surface area contributed by atoms with Gasteiger partial charge in [0.25, 0.3) is 11.6 Å². The third-order valence-corrected chi connectivity index (χ3v) is 3.92. The smallest absolute Gasteiger partial charge is 0.296 e. The summed E-state index contributed by atoms with van der Waals surface area (Å²) < 4.78 is 0. The van der Waals surface area contributed by atoms with E-state index in [9.17, 15) is 20.0 Å². The highest BCUT2D eigenvalue weighted by molar-refractivity contribution is 7.14. The second kappa shape index (κ2) is 5.70. The average Bonchev–Trinajstić information content (AvgIpc) is 2.89. The van der Waals surface area contributed by atoms with Crippen LogP contribution in [0.2, 0.25) is 0 Å². The van der Waals surface area contributed by atoms with Crippen molar-refractivity contribution < 1.29 is 14.8 Å². The van der Waals surface area contributed by atoms with Crippen LogP contribution in [-0.4, -0.2) is 15.9 Å². The van der Waals surface area contributed by atoms with Crippen LogP contribution in [0.15, 0.2) is 30.3 Å². The van der Waals surface area contributed by atoms with Crippen molar-refractivity contribution in [3.63, 3.8) is 0 Å². The number of phenolic OH excluding ortho intramolecular Hbond substituents is 1. The van der Waals surface area contributed by atoms with Gasteiger partial charge in [0.05, 0.1) is 9.80 Å². The standard InChI is InChI=1S/C13H12N2O4S/c1-2-8-6-7-11(20-8)13(17)14-12-9(15(18)19)4-3-5-10(12)16/h3-7,16H,2H2,1H3,(H,14,17). The van der Waals surface area contributed by atoms with Crippen LogP contribution in [0.4, 0.5) is 11.4 Å². The van der Waals surface area contributed by atoms with E-state index in [1.807, 2.05) is 13.0 Å². The average molecular weight is 292 g/mol. The molecule has 20 heavy (non-hydrogen) atoms. The SMILES string of the molecule is CCc1ccc(C(=O)Nc2c(O)cccc2[N+](=O)[O-])s1. The van der Waals surface area contributed by atoms with E-state index in [0.29, 0.717) is 4.88 Å². The number of nitrogens with one attached hydrogen (secondary N) is 1. The molecular weight excluding hydrogens is 280 g/mol. The Labute approximate surface area is 118 Å².